The maximum Gasteiger partial charge on any atom is 0.478 e. The number of hydrogen-bond donors (Lipinski definition) is 0. The minimum Gasteiger partial charge on any atom is -0.460 e. The van der Waals surface area contributed by atoms with Gasteiger partial charge in [-0.3, -0.25) is 18.6 Å². The molecule has 1 aromatic carbocycles. The SMILES string of the molecule is CC(C)(C)OC(=O)CCN(Cc1ccccc1C=O)C(=O)OCOP(=O)(OC(C)(C)C)OC(C)(C)C. The van der Waals surface area contributed by atoms with Gasteiger partial charge in [0.15, 0.2) is 0 Å². The largest absolute Gasteiger partial charge is 0.478 e. The van der Waals surface area contributed by atoms with Crippen LogP contribution in [-0.2, 0) is 38.9 Å². The van der Waals surface area contributed by atoms with Crippen molar-refractivity contribution in [2.75, 3.05) is 13.3 Å². The molecule has 11 heteroatoms. The minimum absolute atomic E-state index is 0.00874. The minimum atomic E-state index is -4.10. The summed E-state index contributed by atoms with van der Waals surface area (Å²) in [4.78, 5) is 37.8. The van der Waals surface area contributed by atoms with Crippen LogP contribution in [0.25, 0.3) is 0 Å². The van der Waals surface area contributed by atoms with Gasteiger partial charge in [-0.15, -0.1) is 0 Å². The number of rotatable bonds is 11. The van der Waals surface area contributed by atoms with Gasteiger partial charge < -0.3 is 14.4 Å². The molecular weight excluding hydrogens is 489 g/mol. The number of carbonyl (C=O) groups excluding carboxylic acids is 3. The molecule has 0 fully saturated rings. The first-order chi connectivity index (χ1) is 16.3. The highest BCUT2D eigenvalue weighted by Crippen LogP contribution is 2.55. The Morgan fingerprint density at radius 2 is 1.47 bits per heavy atom. The first-order valence-electron chi connectivity index (χ1n) is 11.7. The molecule has 0 aliphatic rings. The quantitative estimate of drug-likeness (QED) is 0.150. The summed E-state index contributed by atoms with van der Waals surface area (Å²) in [5.74, 6) is -0.498. The highest BCUT2D eigenvalue weighted by atomic mass is 31.2. The van der Waals surface area contributed by atoms with E-state index in [-0.39, 0.29) is 19.5 Å². The van der Waals surface area contributed by atoms with Gasteiger partial charge in [0.1, 0.15) is 11.9 Å². The molecule has 1 rings (SSSR count). The van der Waals surface area contributed by atoms with E-state index in [0.29, 0.717) is 17.4 Å². The van der Waals surface area contributed by atoms with E-state index in [1.807, 2.05) is 0 Å². The van der Waals surface area contributed by atoms with Gasteiger partial charge in [-0.25, -0.2) is 13.9 Å². The van der Waals surface area contributed by atoms with Gasteiger partial charge in [0.2, 0.25) is 6.79 Å². The standard InChI is InChI=1S/C25H40NO9P/c1-23(2,3)33-21(28)14-15-26(16-19-12-10-11-13-20(19)17-27)22(29)31-18-32-36(30,34-24(4,5)6)35-25(7,8)9/h10-13,17H,14-16,18H2,1-9H3. The lowest BCUT2D eigenvalue weighted by Gasteiger charge is -2.31. The normalized spacial score (nSPS) is 12.7. The lowest BCUT2D eigenvalue weighted by atomic mass is 10.1. The van der Waals surface area contributed by atoms with Gasteiger partial charge in [-0.05, 0) is 67.9 Å². The van der Waals surface area contributed by atoms with Crippen molar-refractivity contribution in [1.29, 1.82) is 0 Å². The summed E-state index contributed by atoms with van der Waals surface area (Å²) in [6.07, 6.45) is -0.271. The Balaban J connectivity index is 2.98. The molecule has 0 aliphatic carbocycles. The van der Waals surface area contributed by atoms with Crippen LogP contribution in [0.3, 0.4) is 0 Å². The van der Waals surface area contributed by atoms with Gasteiger partial charge >= 0.3 is 19.9 Å². The summed E-state index contributed by atoms with van der Waals surface area (Å²) in [5.41, 5.74) is -1.44. The molecule has 0 saturated heterocycles. The molecule has 0 aromatic heterocycles. The third-order valence-corrected chi connectivity index (χ3v) is 5.94. The lowest BCUT2D eigenvalue weighted by Crippen LogP contribution is -2.35. The number of benzene rings is 1. The van der Waals surface area contributed by atoms with E-state index < -0.39 is 43.5 Å². The molecule has 1 aromatic rings. The number of aldehydes is 1. The molecule has 0 radical (unpaired) electrons. The molecule has 0 atom stereocenters. The third kappa shape index (κ3) is 13.2. The molecule has 0 aliphatic heterocycles. The maximum atomic E-state index is 13.1. The zero-order valence-corrected chi connectivity index (χ0v) is 23.7. The highest BCUT2D eigenvalue weighted by molar-refractivity contribution is 7.48. The van der Waals surface area contributed by atoms with Crippen molar-refractivity contribution in [3.8, 4) is 0 Å². The van der Waals surface area contributed by atoms with E-state index in [0.717, 1.165) is 0 Å². The monoisotopic (exact) mass is 529 g/mol. The molecule has 0 unspecified atom stereocenters. The van der Waals surface area contributed by atoms with E-state index in [9.17, 15) is 18.9 Å². The second kappa shape index (κ2) is 12.8. The van der Waals surface area contributed by atoms with Crippen LogP contribution in [0, 0.1) is 0 Å². The molecule has 10 nitrogen and oxygen atoms in total. The van der Waals surface area contributed by atoms with Crippen LogP contribution in [0.15, 0.2) is 24.3 Å². The number of hydrogen-bond acceptors (Lipinski definition) is 9. The molecule has 0 bridgehead atoms. The Kier molecular flexibility index (Phi) is 11.3. The van der Waals surface area contributed by atoms with Gasteiger partial charge in [0.05, 0.1) is 17.6 Å². The third-order valence-electron chi connectivity index (χ3n) is 3.97. The Morgan fingerprint density at radius 1 is 0.917 bits per heavy atom. The topological polar surface area (TPSA) is 118 Å². The molecular formula is C25H40NO9P. The number of esters is 1. The molecule has 1 amide bonds. The van der Waals surface area contributed by atoms with E-state index in [1.165, 1.54) is 4.90 Å². The smallest absolute Gasteiger partial charge is 0.460 e. The average molecular weight is 530 g/mol. The zero-order chi connectivity index (χ0) is 27.8. The number of phosphoric ester groups is 1. The fourth-order valence-corrected chi connectivity index (χ4v) is 4.49. The predicted octanol–water partition coefficient (Wildman–Crippen LogP) is 5.88. The Labute approximate surface area is 214 Å². The second-order valence-corrected chi connectivity index (χ2v) is 12.6. The summed E-state index contributed by atoms with van der Waals surface area (Å²) >= 11 is 0. The summed E-state index contributed by atoms with van der Waals surface area (Å²) in [7, 11) is -4.10. The summed E-state index contributed by atoms with van der Waals surface area (Å²) in [5, 5.41) is 0. The van der Waals surface area contributed by atoms with Crippen LogP contribution in [0.4, 0.5) is 4.79 Å². The van der Waals surface area contributed by atoms with Crippen molar-refractivity contribution in [2.24, 2.45) is 0 Å². The average Bonchev–Trinajstić information content (AvgIpc) is 2.66. The van der Waals surface area contributed by atoms with Crippen LogP contribution in [0.5, 0.6) is 0 Å². The van der Waals surface area contributed by atoms with Crippen molar-refractivity contribution >= 4 is 26.2 Å². The number of amides is 1. The van der Waals surface area contributed by atoms with Crippen molar-refractivity contribution in [3.63, 3.8) is 0 Å². The Morgan fingerprint density at radius 3 is 1.97 bits per heavy atom. The van der Waals surface area contributed by atoms with Crippen LogP contribution in [0.2, 0.25) is 0 Å². The lowest BCUT2D eigenvalue weighted by molar-refractivity contribution is -0.155. The molecule has 0 saturated carbocycles. The molecule has 0 heterocycles. The van der Waals surface area contributed by atoms with E-state index in [1.54, 1.807) is 86.6 Å². The zero-order valence-electron chi connectivity index (χ0n) is 22.8. The number of ether oxygens (including phenoxy) is 2. The van der Waals surface area contributed by atoms with E-state index in [4.69, 9.17) is 23.0 Å². The maximum absolute atomic E-state index is 13.1. The first-order valence-corrected chi connectivity index (χ1v) is 13.1. The van der Waals surface area contributed by atoms with Gasteiger partial charge in [-0.1, -0.05) is 24.3 Å². The Hall–Kier alpha value is -2.26. The summed E-state index contributed by atoms with van der Waals surface area (Å²) < 4.78 is 39.9. The predicted molar refractivity (Wildman–Crippen MR) is 134 cm³/mol. The van der Waals surface area contributed by atoms with Gasteiger partial charge in [0.25, 0.3) is 0 Å². The molecule has 0 N–H and O–H groups in total. The van der Waals surface area contributed by atoms with Crippen molar-refractivity contribution in [3.05, 3.63) is 35.4 Å². The molecule has 36 heavy (non-hydrogen) atoms. The van der Waals surface area contributed by atoms with E-state index >= 15 is 0 Å². The summed E-state index contributed by atoms with van der Waals surface area (Å²) in [6, 6.07) is 6.74. The van der Waals surface area contributed by atoms with E-state index in [2.05, 4.69) is 0 Å². The Bertz CT molecular complexity index is 922. The number of nitrogens with zero attached hydrogens (tertiary/aromatic N) is 1. The van der Waals surface area contributed by atoms with Gasteiger partial charge in [0, 0.05) is 18.7 Å². The fraction of sp³-hybridized carbons (Fsp3) is 0.640. The second-order valence-electron chi connectivity index (χ2n) is 11.1. The van der Waals surface area contributed by atoms with Crippen LogP contribution in [-0.4, -0.2) is 53.4 Å². The van der Waals surface area contributed by atoms with Crippen molar-refractivity contribution in [2.45, 2.75) is 92.1 Å². The van der Waals surface area contributed by atoms with Crippen LogP contribution < -0.4 is 0 Å². The molecule has 204 valence electrons. The van der Waals surface area contributed by atoms with Crippen molar-refractivity contribution < 1.29 is 42.0 Å². The summed E-state index contributed by atoms with van der Waals surface area (Å²) in [6.45, 7) is 14.6. The highest BCUT2D eigenvalue weighted by Gasteiger charge is 2.37. The first kappa shape index (κ1) is 31.8. The number of carbonyl (C=O) groups is 3. The van der Waals surface area contributed by atoms with Crippen molar-refractivity contribution in [1.82, 2.24) is 4.90 Å². The van der Waals surface area contributed by atoms with Gasteiger partial charge in [-0.2, -0.15) is 0 Å². The molecule has 0 spiro atoms. The van der Waals surface area contributed by atoms with Crippen LogP contribution in [0.1, 0.15) is 84.7 Å². The van der Waals surface area contributed by atoms with Crippen LogP contribution >= 0.6 is 7.82 Å². The number of phosphoric acid groups is 1. The fourth-order valence-electron chi connectivity index (χ4n) is 2.83.